The van der Waals surface area contributed by atoms with Crippen molar-refractivity contribution in [2.45, 2.75) is 264 Å². The molecule has 3 aromatic rings. The van der Waals surface area contributed by atoms with E-state index in [0.717, 1.165) is 236 Å². The molecule has 6 fully saturated rings. The molecule has 18 nitrogen and oxygen atoms in total. The zero-order valence-corrected chi connectivity index (χ0v) is 71.3. The van der Waals surface area contributed by atoms with Crippen molar-refractivity contribution in [1.29, 1.82) is 0 Å². The lowest BCUT2D eigenvalue weighted by atomic mass is 9.74. The number of likely N-dealkylation sites (N-methyl/N-ethyl adjacent to an activating group) is 1. The van der Waals surface area contributed by atoms with E-state index in [9.17, 15) is 40.2 Å². The van der Waals surface area contributed by atoms with Crippen molar-refractivity contribution in [1.82, 2.24) is 30.2 Å². The first kappa shape index (κ1) is 96.8. The highest BCUT2D eigenvalue weighted by Gasteiger charge is 2.45. The predicted molar refractivity (Wildman–Crippen MR) is 448 cm³/mol. The number of nitrogens with two attached hydrogens (primary N) is 1. The van der Waals surface area contributed by atoms with Crippen LogP contribution in [0.5, 0.6) is 0 Å². The maximum atomic E-state index is 13.6. The number of rotatable bonds is 37. The Kier molecular flexibility index (Phi) is 44.4. The minimum atomic E-state index is -1.04. The number of hydrogen-bond acceptors (Lipinski definition) is 16. The molecule has 6 aliphatic rings. The van der Waals surface area contributed by atoms with Gasteiger partial charge in [-0.3, -0.25) is 9.59 Å². The van der Waals surface area contributed by atoms with Crippen molar-refractivity contribution in [3.63, 3.8) is 0 Å². The van der Waals surface area contributed by atoms with E-state index in [1.165, 1.54) is 19.3 Å². The topological polar surface area (TPSA) is 246 Å². The van der Waals surface area contributed by atoms with Crippen LogP contribution in [0.3, 0.4) is 0 Å². The number of ether oxygens (including phenoxy) is 3. The summed E-state index contributed by atoms with van der Waals surface area (Å²) in [6.45, 7) is 8.91. The van der Waals surface area contributed by atoms with E-state index < -0.39 is 33.6 Å². The molecule has 3 saturated carbocycles. The number of benzene rings is 3. The molecule has 10 N–H and O–H groups in total. The highest BCUT2D eigenvalue weighted by molar-refractivity contribution is 6.31. The average Bonchev–Trinajstić information content (AvgIpc) is 0.794. The molecule has 3 aliphatic carbocycles. The first-order valence-corrected chi connectivity index (χ1v) is 42.8. The molecular weight excluding hydrogens is 1460 g/mol. The fraction of sp³-hybridized carbons (Fsp3) is 0.770. The number of carbonyl (C=O) groups is 2. The molecule has 3 unspecified atom stereocenters. The second-order valence-electron chi connectivity index (χ2n) is 34.0. The lowest BCUT2D eigenvalue weighted by Gasteiger charge is -2.43. The first-order valence-electron chi connectivity index (χ1n) is 41.7. The highest BCUT2D eigenvalue weighted by Crippen LogP contribution is 2.45. The number of halogens is 4. The smallest absolute Gasteiger partial charge is 0.222 e. The Balaban J connectivity index is 0.000000275. The summed E-state index contributed by atoms with van der Waals surface area (Å²) in [6.07, 6.45) is 31.4. The van der Waals surface area contributed by atoms with Crippen LogP contribution in [0, 0.1) is 29.6 Å². The fourth-order valence-electron chi connectivity index (χ4n) is 18.7. The van der Waals surface area contributed by atoms with Crippen molar-refractivity contribution >= 4 is 59.0 Å². The van der Waals surface area contributed by atoms with Crippen molar-refractivity contribution in [3.05, 3.63) is 105 Å². The SMILES string of the molecule is CN(C)CC(N)CC1(O)CCCCC1.CNCC(CC(=O)N1CCC[C@@H]([C@@](O)(CCCCOC)c2cccc(Cl)c2)C1)CC1(O)CCCCC1.COCCCC[C@@](O)(c1cccc(Cl)c1)[C@@H]1CCCN(C(=O)CC(CN(C)C)CC2(O)CCCCC2)C1.COCCCC[C@@](O)(c1cccc(Cl)c1)[C@@H]1CCCNC1.Cl. The third kappa shape index (κ3) is 33.0. The zero-order valence-electron chi connectivity index (χ0n) is 68.3. The molecule has 9 atom stereocenters. The molecule has 0 radical (unpaired) electrons. The largest absolute Gasteiger partial charge is 0.390 e. The molecule has 0 aromatic heterocycles. The number of nitrogens with zero attached hydrogens (tertiary/aromatic N) is 4. The van der Waals surface area contributed by atoms with Crippen LogP contribution in [-0.4, -0.2) is 220 Å². The summed E-state index contributed by atoms with van der Waals surface area (Å²) in [5, 5.41) is 76.7. The monoisotopic (exact) mass is 1610 g/mol. The minimum Gasteiger partial charge on any atom is -0.390 e. The first-order chi connectivity index (χ1) is 51.6. The van der Waals surface area contributed by atoms with Gasteiger partial charge in [0.15, 0.2) is 0 Å². The van der Waals surface area contributed by atoms with Gasteiger partial charge < -0.3 is 80.8 Å². The number of piperidine rings is 3. The third-order valence-corrected chi connectivity index (χ3v) is 25.0. The number of methoxy groups -OCH3 is 3. The van der Waals surface area contributed by atoms with Crippen LogP contribution in [0.25, 0.3) is 0 Å². The molecule has 3 heterocycles. The molecule has 22 heteroatoms. The van der Waals surface area contributed by atoms with Gasteiger partial charge in [0.1, 0.15) is 0 Å². The zero-order chi connectivity index (χ0) is 78.6. The third-order valence-electron chi connectivity index (χ3n) is 24.3. The van der Waals surface area contributed by atoms with Crippen molar-refractivity contribution in [2.24, 2.45) is 35.3 Å². The second-order valence-corrected chi connectivity index (χ2v) is 35.3. The van der Waals surface area contributed by atoms with Crippen LogP contribution in [0.15, 0.2) is 72.8 Å². The summed E-state index contributed by atoms with van der Waals surface area (Å²) >= 11 is 18.8. The molecule has 3 aliphatic heterocycles. The quantitative estimate of drug-likeness (QED) is 0.0244. The van der Waals surface area contributed by atoms with E-state index in [-0.39, 0.29) is 59.9 Å². The summed E-state index contributed by atoms with van der Waals surface area (Å²) in [5.41, 5.74) is 3.97. The Morgan fingerprint density at radius 1 is 0.532 bits per heavy atom. The number of unbranched alkanes of at least 4 members (excludes halogenated alkanes) is 3. The van der Waals surface area contributed by atoms with Gasteiger partial charge in [-0.2, -0.15) is 0 Å². The number of aliphatic hydroxyl groups is 6. The van der Waals surface area contributed by atoms with Gasteiger partial charge in [0.2, 0.25) is 11.8 Å². The van der Waals surface area contributed by atoms with Gasteiger partial charge >= 0.3 is 0 Å². The minimum absolute atomic E-state index is 0. The van der Waals surface area contributed by atoms with Gasteiger partial charge in [-0.15, -0.1) is 12.4 Å². The standard InChI is InChI=1S/C30H49ClN2O4.C29H47ClN2O4.C17H26ClNO2.C11H24N2O.ClH/c1-32(2)22-24(21-29(35)14-5-4-6-15-29)19-28(34)33-17-10-12-26(23-33)30(36,16-7-8-18-37-3)25-11-9-13-27(31)20-25;1-31-21-23(20-28(34)13-4-3-5-14-28)18-27(33)32-16-9-11-25(22-32)29(35,15-6-7-17-36-2)24-10-8-12-26(30)19-24;1-21-11-3-2-9-17(20,15-7-5-10-19-13-15)14-6-4-8-16(18)12-14;1-13(2)9-10(12)8-11(14)6-4-3-5-7-11;/h9,11,13,20,24,26,35-36H,4-8,10,12,14-19,21-23H2,1-3H3;8,10,12,19,23,25,31,34-35H,3-7,9,11,13-18,20-22H2,1-2H3;4,6,8,12,15,19-20H,2-3,5,7,9-11,13H2,1H3;10,14H,3-9,12H2,1-2H3;1H/t24?,26-,30-;23?,25-,29-;15-,17-;;/m111../s1. The number of hydrogen-bond donors (Lipinski definition) is 9. The Hall–Kier alpha value is -2.80. The summed E-state index contributed by atoms with van der Waals surface area (Å²) in [5.74, 6) is 0.629. The van der Waals surface area contributed by atoms with Gasteiger partial charge in [0, 0.05) is 139 Å². The lowest BCUT2D eigenvalue weighted by molar-refractivity contribution is -0.139. The van der Waals surface area contributed by atoms with Crippen molar-refractivity contribution in [3.8, 4) is 0 Å². The van der Waals surface area contributed by atoms with Crippen LogP contribution < -0.4 is 16.4 Å². The number of likely N-dealkylation sites (tertiary alicyclic amines) is 2. The highest BCUT2D eigenvalue weighted by atomic mass is 35.5. The molecular formula is C87H147Cl4N7O11. The maximum absolute atomic E-state index is 13.6. The fourth-order valence-corrected chi connectivity index (χ4v) is 19.3. The van der Waals surface area contributed by atoms with Crippen LogP contribution >= 0.6 is 47.2 Å². The summed E-state index contributed by atoms with van der Waals surface area (Å²) in [4.78, 5) is 35.2. The molecule has 109 heavy (non-hydrogen) atoms. The van der Waals surface area contributed by atoms with Crippen LogP contribution in [0.1, 0.15) is 241 Å². The molecule has 3 saturated heterocycles. The Morgan fingerprint density at radius 2 is 0.890 bits per heavy atom. The normalized spacial score (nSPS) is 22.4. The van der Waals surface area contributed by atoms with Gasteiger partial charge in [-0.05, 0) is 267 Å². The van der Waals surface area contributed by atoms with E-state index in [1.807, 2.05) is 118 Å². The molecule has 624 valence electrons. The van der Waals surface area contributed by atoms with Gasteiger partial charge in [-0.25, -0.2) is 0 Å². The summed E-state index contributed by atoms with van der Waals surface area (Å²) < 4.78 is 15.6. The number of nitrogens with one attached hydrogen (secondary N) is 2. The van der Waals surface area contributed by atoms with Crippen molar-refractivity contribution in [2.75, 3.05) is 135 Å². The van der Waals surface area contributed by atoms with Crippen LogP contribution in [0.4, 0.5) is 0 Å². The summed E-state index contributed by atoms with van der Waals surface area (Å²) in [6, 6.07) is 22.9. The summed E-state index contributed by atoms with van der Waals surface area (Å²) in [7, 11) is 15.1. The average molecular weight is 1610 g/mol. The van der Waals surface area contributed by atoms with Crippen molar-refractivity contribution < 1.29 is 54.4 Å². The Morgan fingerprint density at radius 3 is 1.24 bits per heavy atom. The number of amides is 2. The van der Waals surface area contributed by atoms with E-state index in [1.54, 1.807) is 21.3 Å². The number of carbonyl (C=O) groups excluding carboxylic acids is 2. The van der Waals surface area contributed by atoms with Gasteiger partial charge in [0.25, 0.3) is 0 Å². The van der Waals surface area contributed by atoms with Crippen LogP contribution in [0.2, 0.25) is 15.1 Å². The Bertz CT molecular complexity index is 2990. The molecule has 0 bridgehead atoms. The van der Waals surface area contributed by atoms with Gasteiger partial charge in [-0.1, -0.05) is 129 Å². The lowest BCUT2D eigenvalue weighted by Crippen LogP contribution is -2.49. The second kappa shape index (κ2) is 50.0. The van der Waals surface area contributed by atoms with E-state index >= 15 is 0 Å². The molecule has 2 amide bonds. The maximum Gasteiger partial charge on any atom is 0.222 e. The molecule has 0 spiro atoms. The molecule has 3 aromatic carbocycles. The molecule has 9 rings (SSSR count). The van der Waals surface area contributed by atoms with E-state index in [0.29, 0.717) is 79.9 Å². The predicted octanol–water partition coefficient (Wildman–Crippen LogP) is 14.9. The van der Waals surface area contributed by atoms with E-state index in [4.69, 9.17) is 54.7 Å². The Labute approximate surface area is 679 Å². The van der Waals surface area contributed by atoms with Crippen LogP contribution in [-0.2, 0) is 40.6 Å². The van der Waals surface area contributed by atoms with E-state index in [2.05, 4.69) is 20.4 Å². The van der Waals surface area contributed by atoms with Gasteiger partial charge in [0.05, 0.1) is 33.6 Å².